The summed E-state index contributed by atoms with van der Waals surface area (Å²) in [5, 5.41) is 7.86. The first-order valence-electron chi connectivity index (χ1n) is 7.82. The van der Waals surface area contributed by atoms with Gasteiger partial charge in [0.15, 0.2) is 0 Å². The molecule has 1 unspecified atom stereocenters. The monoisotopic (exact) mass is 284 g/mol. The van der Waals surface area contributed by atoms with Crippen molar-refractivity contribution in [1.82, 2.24) is 20.0 Å². The maximum Gasteiger partial charge on any atom is 0.0645 e. The largest absolute Gasteiger partial charge is 0.313 e. The standard InChI is InChI=1S/C17H24N4/c1-20(14-16-5-2-3-10-18-16)13-15-6-8-17(9-7-15)21-12-4-11-19-21/h4,6-9,11-12,16,18H,2-3,5,10,13-14H2,1H3. The molecule has 0 aliphatic carbocycles. The molecule has 2 aromatic rings. The number of likely N-dealkylation sites (N-methyl/N-ethyl adjacent to an activating group) is 1. The lowest BCUT2D eigenvalue weighted by atomic mass is 10.0. The molecule has 0 bridgehead atoms. The normalized spacial score (nSPS) is 19.0. The molecule has 2 heterocycles. The molecule has 1 atom stereocenters. The average Bonchev–Trinajstić information content (AvgIpc) is 3.03. The zero-order valence-electron chi connectivity index (χ0n) is 12.7. The second kappa shape index (κ2) is 6.87. The van der Waals surface area contributed by atoms with Gasteiger partial charge in [-0.15, -0.1) is 0 Å². The molecule has 4 nitrogen and oxygen atoms in total. The minimum Gasteiger partial charge on any atom is -0.313 e. The molecule has 1 saturated heterocycles. The van der Waals surface area contributed by atoms with Gasteiger partial charge < -0.3 is 10.2 Å². The second-order valence-electron chi connectivity index (χ2n) is 5.96. The minimum atomic E-state index is 0.659. The van der Waals surface area contributed by atoms with Crippen molar-refractivity contribution in [2.75, 3.05) is 20.1 Å². The van der Waals surface area contributed by atoms with Crippen LogP contribution in [0.25, 0.3) is 5.69 Å². The van der Waals surface area contributed by atoms with Crippen molar-refractivity contribution >= 4 is 0 Å². The Morgan fingerprint density at radius 1 is 1.29 bits per heavy atom. The van der Waals surface area contributed by atoms with Gasteiger partial charge >= 0.3 is 0 Å². The van der Waals surface area contributed by atoms with Gasteiger partial charge in [0.2, 0.25) is 0 Å². The number of hydrogen-bond acceptors (Lipinski definition) is 3. The van der Waals surface area contributed by atoms with E-state index in [1.807, 2.05) is 16.9 Å². The maximum atomic E-state index is 4.25. The molecule has 1 aromatic carbocycles. The van der Waals surface area contributed by atoms with Gasteiger partial charge in [-0.05, 0) is 50.2 Å². The van der Waals surface area contributed by atoms with Crippen molar-refractivity contribution < 1.29 is 0 Å². The van der Waals surface area contributed by atoms with Crippen LogP contribution in [0.2, 0.25) is 0 Å². The Balaban J connectivity index is 1.54. The maximum absolute atomic E-state index is 4.25. The van der Waals surface area contributed by atoms with E-state index in [1.54, 1.807) is 6.20 Å². The topological polar surface area (TPSA) is 33.1 Å². The molecule has 0 saturated carbocycles. The fourth-order valence-corrected chi connectivity index (χ4v) is 3.01. The number of piperidine rings is 1. The lowest BCUT2D eigenvalue weighted by molar-refractivity contribution is 0.256. The lowest BCUT2D eigenvalue weighted by Gasteiger charge is -2.28. The van der Waals surface area contributed by atoms with E-state index < -0.39 is 0 Å². The molecule has 1 aliphatic heterocycles. The van der Waals surface area contributed by atoms with Crippen LogP contribution in [0, 0.1) is 0 Å². The van der Waals surface area contributed by atoms with Crippen LogP contribution in [0.4, 0.5) is 0 Å². The van der Waals surface area contributed by atoms with Crippen LogP contribution in [0.15, 0.2) is 42.7 Å². The Labute approximate surface area is 126 Å². The van der Waals surface area contributed by atoms with Crippen molar-refractivity contribution in [3.63, 3.8) is 0 Å². The van der Waals surface area contributed by atoms with E-state index >= 15 is 0 Å². The first kappa shape index (κ1) is 14.3. The Bertz CT molecular complexity index is 526. The molecule has 0 radical (unpaired) electrons. The summed E-state index contributed by atoms with van der Waals surface area (Å²) >= 11 is 0. The first-order valence-corrected chi connectivity index (χ1v) is 7.82. The number of rotatable bonds is 5. The van der Waals surface area contributed by atoms with Crippen LogP contribution in [0.5, 0.6) is 0 Å². The van der Waals surface area contributed by atoms with Gasteiger partial charge in [-0.25, -0.2) is 4.68 Å². The molecule has 21 heavy (non-hydrogen) atoms. The minimum absolute atomic E-state index is 0.659. The van der Waals surface area contributed by atoms with Gasteiger partial charge in [-0.2, -0.15) is 5.10 Å². The summed E-state index contributed by atoms with van der Waals surface area (Å²) in [5.74, 6) is 0. The molecule has 1 N–H and O–H groups in total. The highest BCUT2D eigenvalue weighted by Gasteiger charge is 2.14. The van der Waals surface area contributed by atoms with Gasteiger partial charge in [0.05, 0.1) is 5.69 Å². The van der Waals surface area contributed by atoms with Crippen LogP contribution in [0.1, 0.15) is 24.8 Å². The Morgan fingerprint density at radius 3 is 2.81 bits per heavy atom. The van der Waals surface area contributed by atoms with Gasteiger partial charge in [0, 0.05) is 31.5 Å². The van der Waals surface area contributed by atoms with Crippen LogP contribution in [-0.4, -0.2) is 40.9 Å². The molecular weight excluding hydrogens is 260 g/mol. The predicted molar refractivity (Wildman–Crippen MR) is 85.5 cm³/mol. The van der Waals surface area contributed by atoms with Crippen LogP contribution in [0.3, 0.4) is 0 Å². The third-order valence-electron chi connectivity index (χ3n) is 4.10. The van der Waals surface area contributed by atoms with E-state index in [1.165, 1.54) is 31.4 Å². The van der Waals surface area contributed by atoms with E-state index in [4.69, 9.17) is 0 Å². The quantitative estimate of drug-likeness (QED) is 0.915. The van der Waals surface area contributed by atoms with E-state index in [-0.39, 0.29) is 0 Å². The molecule has 112 valence electrons. The third kappa shape index (κ3) is 3.93. The highest BCUT2D eigenvalue weighted by molar-refractivity contribution is 5.33. The number of benzene rings is 1. The molecule has 4 heteroatoms. The summed E-state index contributed by atoms with van der Waals surface area (Å²) in [5.41, 5.74) is 2.46. The van der Waals surface area contributed by atoms with Crippen LogP contribution >= 0.6 is 0 Å². The van der Waals surface area contributed by atoms with Crippen molar-refractivity contribution in [2.24, 2.45) is 0 Å². The summed E-state index contributed by atoms with van der Waals surface area (Å²) in [7, 11) is 2.21. The first-order chi connectivity index (χ1) is 10.3. The van der Waals surface area contributed by atoms with E-state index in [2.05, 4.69) is 46.6 Å². The molecule has 1 fully saturated rings. The molecular formula is C17H24N4. The van der Waals surface area contributed by atoms with Crippen molar-refractivity contribution in [3.05, 3.63) is 48.3 Å². The smallest absolute Gasteiger partial charge is 0.0645 e. The van der Waals surface area contributed by atoms with Gasteiger partial charge in [-0.1, -0.05) is 18.6 Å². The number of nitrogens with one attached hydrogen (secondary N) is 1. The Hall–Kier alpha value is -1.65. The van der Waals surface area contributed by atoms with Crippen molar-refractivity contribution in [2.45, 2.75) is 31.8 Å². The number of nitrogens with zero attached hydrogens (tertiary/aromatic N) is 3. The number of aromatic nitrogens is 2. The summed E-state index contributed by atoms with van der Waals surface area (Å²) in [6, 6.07) is 11.3. The fourth-order valence-electron chi connectivity index (χ4n) is 3.01. The molecule has 0 amide bonds. The fraction of sp³-hybridized carbons (Fsp3) is 0.471. The van der Waals surface area contributed by atoms with E-state index in [0.717, 1.165) is 18.8 Å². The van der Waals surface area contributed by atoms with Crippen molar-refractivity contribution in [3.8, 4) is 5.69 Å². The van der Waals surface area contributed by atoms with Crippen molar-refractivity contribution in [1.29, 1.82) is 0 Å². The summed E-state index contributed by atoms with van der Waals surface area (Å²) in [6.07, 6.45) is 7.77. The van der Waals surface area contributed by atoms with Crippen LogP contribution in [-0.2, 0) is 6.54 Å². The number of hydrogen-bond donors (Lipinski definition) is 1. The Kier molecular flexibility index (Phi) is 4.68. The third-order valence-corrected chi connectivity index (χ3v) is 4.10. The SMILES string of the molecule is CN(Cc1ccc(-n2cccn2)cc1)CC1CCCCN1. The second-order valence-corrected chi connectivity index (χ2v) is 5.96. The zero-order valence-corrected chi connectivity index (χ0v) is 12.7. The summed E-state index contributed by atoms with van der Waals surface area (Å²) in [4.78, 5) is 2.41. The molecule has 0 spiro atoms. The molecule has 1 aliphatic rings. The average molecular weight is 284 g/mol. The summed E-state index contributed by atoms with van der Waals surface area (Å²) in [6.45, 7) is 3.30. The lowest BCUT2D eigenvalue weighted by Crippen LogP contribution is -2.42. The molecule has 1 aromatic heterocycles. The van der Waals surface area contributed by atoms with Gasteiger partial charge in [0.1, 0.15) is 0 Å². The highest BCUT2D eigenvalue weighted by Crippen LogP contribution is 2.12. The van der Waals surface area contributed by atoms with E-state index in [0.29, 0.717) is 6.04 Å². The summed E-state index contributed by atoms with van der Waals surface area (Å²) < 4.78 is 1.89. The molecule has 3 rings (SSSR count). The zero-order chi connectivity index (χ0) is 14.5. The van der Waals surface area contributed by atoms with Gasteiger partial charge in [0.25, 0.3) is 0 Å². The Morgan fingerprint density at radius 2 is 2.14 bits per heavy atom. The van der Waals surface area contributed by atoms with E-state index in [9.17, 15) is 0 Å². The van der Waals surface area contributed by atoms with Crippen LogP contribution < -0.4 is 5.32 Å². The van der Waals surface area contributed by atoms with Gasteiger partial charge in [-0.3, -0.25) is 0 Å². The predicted octanol–water partition coefficient (Wildman–Crippen LogP) is 2.45. The highest BCUT2D eigenvalue weighted by atomic mass is 15.3.